The molecule has 5 nitrogen and oxygen atoms in total. The first-order chi connectivity index (χ1) is 7.65. The third-order valence-electron chi connectivity index (χ3n) is 2.89. The number of methoxy groups -OCH3 is 1. The SMILES string of the molecule is COCCNC(=O)C(C)N1CCC(=O)CC1. The second-order valence-electron chi connectivity index (χ2n) is 4.03. The van der Waals surface area contributed by atoms with Crippen molar-refractivity contribution in [2.24, 2.45) is 0 Å². The highest BCUT2D eigenvalue weighted by molar-refractivity contribution is 5.82. The lowest BCUT2D eigenvalue weighted by Gasteiger charge is -2.30. The van der Waals surface area contributed by atoms with E-state index in [1.807, 2.05) is 11.8 Å². The molecule has 1 heterocycles. The van der Waals surface area contributed by atoms with Crippen molar-refractivity contribution in [2.45, 2.75) is 25.8 Å². The van der Waals surface area contributed by atoms with Gasteiger partial charge >= 0.3 is 0 Å². The van der Waals surface area contributed by atoms with Crippen molar-refractivity contribution in [1.29, 1.82) is 0 Å². The molecule has 92 valence electrons. The predicted octanol–water partition coefficient (Wildman–Crippen LogP) is -0.198. The normalized spacial score (nSPS) is 19.5. The largest absolute Gasteiger partial charge is 0.383 e. The summed E-state index contributed by atoms with van der Waals surface area (Å²) in [5, 5.41) is 2.80. The van der Waals surface area contributed by atoms with Crippen molar-refractivity contribution in [1.82, 2.24) is 10.2 Å². The number of hydrogen-bond donors (Lipinski definition) is 1. The van der Waals surface area contributed by atoms with E-state index in [0.717, 1.165) is 0 Å². The smallest absolute Gasteiger partial charge is 0.237 e. The van der Waals surface area contributed by atoms with Gasteiger partial charge in [0.1, 0.15) is 5.78 Å². The number of piperidine rings is 1. The van der Waals surface area contributed by atoms with E-state index < -0.39 is 0 Å². The van der Waals surface area contributed by atoms with E-state index in [2.05, 4.69) is 5.32 Å². The van der Waals surface area contributed by atoms with Crippen molar-refractivity contribution in [3.63, 3.8) is 0 Å². The molecule has 1 aliphatic rings. The Labute approximate surface area is 96.1 Å². The summed E-state index contributed by atoms with van der Waals surface area (Å²) in [7, 11) is 1.60. The van der Waals surface area contributed by atoms with Crippen LogP contribution in [0.5, 0.6) is 0 Å². The zero-order valence-corrected chi connectivity index (χ0v) is 9.99. The van der Waals surface area contributed by atoms with Crippen molar-refractivity contribution >= 4 is 11.7 Å². The number of likely N-dealkylation sites (tertiary alicyclic amines) is 1. The highest BCUT2D eigenvalue weighted by Crippen LogP contribution is 2.09. The molecule has 0 aromatic carbocycles. The zero-order chi connectivity index (χ0) is 12.0. The number of amides is 1. The summed E-state index contributed by atoms with van der Waals surface area (Å²) in [5.74, 6) is 0.301. The van der Waals surface area contributed by atoms with E-state index in [9.17, 15) is 9.59 Å². The summed E-state index contributed by atoms with van der Waals surface area (Å²) in [6.07, 6.45) is 1.13. The van der Waals surface area contributed by atoms with Gasteiger partial charge in [-0.15, -0.1) is 0 Å². The summed E-state index contributed by atoms with van der Waals surface area (Å²) in [5.41, 5.74) is 0. The van der Waals surface area contributed by atoms with Crippen LogP contribution in [0, 0.1) is 0 Å². The van der Waals surface area contributed by atoms with Gasteiger partial charge in [0, 0.05) is 39.6 Å². The van der Waals surface area contributed by atoms with Gasteiger partial charge in [-0.05, 0) is 6.92 Å². The fourth-order valence-electron chi connectivity index (χ4n) is 1.75. The first-order valence-electron chi connectivity index (χ1n) is 5.67. The Kier molecular flexibility index (Phi) is 5.42. The van der Waals surface area contributed by atoms with E-state index in [-0.39, 0.29) is 11.9 Å². The number of nitrogens with zero attached hydrogens (tertiary/aromatic N) is 1. The van der Waals surface area contributed by atoms with Crippen LogP contribution >= 0.6 is 0 Å². The van der Waals surface area contributed by atoms with Crippen LogP contribution < -0.4 is 5.32 Å². The molecule has 0 saturated carbocycles. The average Bonchev–Trinajstić information content (AvgIpc) is 2.29. The van der Waals surface area contributed by atoms with Crippen molar-refractivity contribution in [3.8, 4) is 0 Å². The van der Waals surface area contributed by atoms with Gasteiger partial charge in [0.2, 0.25) is 5.91 Å². The minimum atomic E-state index is -0.162. The third kappa shape index (κ3) is 3.90. The number of carbonyl (C=O) groups excluding carboxylic acids is 2. The second-order valence-corrected chi connectivity index (χ2v) is 4.03. The number of Topliss-reactive ketones (excluding diaryl/α,β-unsaturated/α-hetero) is 1. The van der Waals surface area contributed by atoms with Gasteiger partial charge in [-0.3, -0.25) is 14.5 Å². The van der Waals surface area contributed by atoms with Gasteiger partial charge in [-0.1, -0.05) is 0 Å². The van der Waals surface area contributed by atoms with E-state index in [0.29, 0.717) is 44.9 Å². The Balaban J connectivity index is 2.29. The summed E-state index contributed by atoms with van der Waals surface area (Å²) < 4.78 is 4.86. The lowest BCUT2D eigenvalue weighted by atomic mass is 10.1. The fraction of sp³-hybridized carbons (Fsp3) is 0.818. The Morgan fingerprint density at radius 1 is 1.50 bits per heavy atom. The quantitative estimate of drug-likeness (QED) is 0.662. The Hall–Kier alpha value is -0.940. The van der Waals surface area contributed by atoms with Gasteiger partial charge in [-0.2, -0.15) is 0 Å². The van der Waals surface area contributed by atoms with Gasteiger partial charge in [0.15, 0.2) is 0 Å². The molecule has 5 heteroatoms. The standard InChI is InChI=1S/C11H20N2O3/c1-9(11(15)12-5-8-16-2)13-6-3-10(14)4-7-13/h9H,3-8H2,1-2H3,(H,12,15). The maximum absolute atomic E-state index is 11.7. The Morgan fingerprint density at radius 2 is 2.12 bits per heavy atom. The van der Waals surface area contributed by atoms with Crippen molar-refractivity contribution < 1.29 is 14.3 Å². The molecular weight excluding hydrogens is 208 g/mol. The maximum atomic E-state index is 11.7. The molecule has 0 radical (unpaired) electrons. The maximum Gasteiger partial charge on any atom is 0.237 e. The van der Waals surface area contributed by atoms with Crippen LogP contribution in [-0.2, 0) is 14.3 Å². The number of rotatable bonds is 5. The number of ketones is 1. The van der Waals surface area contributed by atoms with Gasteiger partial charge in [0.25, 0.3) is 0 Å². The monoisotopic (exact) mass is 228 g/mol. The number of hydrogen-bond acceptors (Lipinski definition) is 4. The highest BCUT2D eigenvalue weighted by atomic mass is 16.5. The van der Waals surface area contributed by atoms with Gasteiger partial charge in [0.05, 0.1) is 12.6 Å². The molecule has 1 saturated heterocycles. The Bertz CT molecular complexity index is 246. The average molecular weight is 228 g/mol. The molecule has 1 aliphatic heterocycles. The summed E-state index contributed by atoms with van der Waals surface area (Å²) >= 11 is 0. The molecule has 1 amide bonds. The fourth-order valence-corrected chi connectivity index (χ4v) is 1.75. The molecule has 0 aromatic heterocycles. The highest BCUT2D eigenvalue weighted by Gasteiger charge is 2.24. The molecule has 1 N–H and O–H groups in total. The van der Waals surface area contributed by atoms with Crippen LogP contribution in [-0.4, -0.2) is 56.0 Å². The van der Waals surface area contributed by atoms with Gasteiger partial charge in [-0.25, -0.2) is 0 Å². The molecule has 0 spiro atoms. The van der Waals surface area contributed by atoms with Crippen LogP contribution in [0.2, 0.25) is 0 Å². The van der Waals surface area contributed by atoms with Crippen molar-refractivity contribution in [2.75, 3.05) is 33.4 Å². The minimum Gasteiger partial charge on any atom is -0.383 e. The predicted molar refractivity (Wildman–Crippen MR) is 60.2 cm³/mol. The first kappa shape index (κ1) is 13.1. The van der Waals surface area contributed by atoms with Crippen LogP contribution in [0.1, 0.15) is 19.8 Å². The molecule has 1 unspecified atom stereocenters. The molecule has 16 heavy (non-hydrogen) atoms. The topological polar surface area (TPSA) is 58.6 Å². The van der Waals surface area contributed by atoms with E-state index in [4.69, 9.17) is 4.74 Å². The van der Waals surface area contributed by atoms with Crippen LogP contribution in [0.25, 0.3) is 0 Å². The molecule has 0 aromatic rings. The van der Waals surface area contributed by atoms with Crippen molar-refractivity contribution in [3.05, 3.63) is 0 Å². The zero-order valence-electron chi connectivity index (χ0n) is 9.99. The molecule has 1 fully saturated rings. The number of nitrogens with one attached hydrogen (secondary N) is 1. The lowest BCUT2D eigenvalue weighted by molar-refractivity contribution is -0.129. The number of carbonyl (C=O) groups is 2. The Morgan fingerprint density at radius 3 is 2.69 bits per heavy atom. The summed E-state index contributed by atoms with van der Waals surface area (Å²) in [6.45, 7) is 4.32. The third-order valence-corrected chi connectivity index (χ3v) is 2.89. The van der Waals surface area contributed by atoms with Crippen LogP contribution in [0.3, 0.4) is 0 Å². The lowest BCUT2D eigenvalue weighted by Crippen LogP contribution is -2.48. The molecule has 1 atom stereocenters. The summed E-state index contributed by atoms with van der Waals surface area (Å²) in [6, 6.07) is -0.162. The van der Waals surface area contributed by atoms with E-state index >= 15 is 0 Å². The van der Waals surface area contributed by atoms with Gasteiger partial charge < -0.3 is 10.1 Å². The number of ether oxygens (including phenoxy) is 1. The molecule has 1 rings (SSSR count). The first-order valence-corrected chi connectivity index (χ1v) is 5.67. The van der Waals surface area contributed by atoms with Crippen LogP contribution in [0.4, 0.5) is 0 Å². The van der Waals surface area contributed by atoms with Crippen LogP contribution in [0.15, 0.2) is 0 Å². The minimum absolute atomic E-state index is 0.00592. The molecular formula is C11H20N2O3. The summed E-state index contributed by atoms with van der Waals surface area (Å²) in [4.78, 5) is 24.8. The second kappa shape index (κ2) is 6.60. The molecule has 0 aliphatic carbocycles. The molecule has 0 bridgehead atoms. The van der Waals surface area contributed by atoms with E-state index in [1.54, 1.807) is 7.11 Å². The van der Waals surface area contributed by atoms with E-state index in [1.165, 1.54) is 0 Å².